The quantitative estimate of drug-likeness (QED) is 0.455. The first-order valence-corrected chi connectivity index (χ1v) is 10.0. The van der Waals surface area contributed by atoms with E-state index in [4.69, 9.17) is 4.74 Å². The second-order valence-corrected chi connectivity index (χ2v) is 8.35. The molecule has 0 bridgehead atoms. The van der Waals surface area contributed by atoms with Crippen molar-refractivity contribution in [3.05, 3.63) is 28.2 Å². The van der Waals surface area contributed by atoms with Crippen LogP contribution in [0.5, 0.6) is 5.75 Å². The number of hydrogen-bond donors (Lipinski definition) is 2. The van der Waals surface area contributed by atoms with Crippen molar-refractivity contribution in [1.82, 2.24) is 10.6 Å². The average Bonchev–Trinajstić information content (AvgIpc) is 2.51. The van der Waals surface area contributed by atoms with Gasteiger partial charge in [-0.05, 0) is 51.9 Å². The zero-order chi connectivity index (χ0) is 18.7. The van der Waals surface area contributed by atoms with Gasteiger partial charge in [-0.15, -0.1) is 12.4 Å². The first kappa shape index (κ1) is 25.2. The third kappa shape index (κ3) is 11.8. The number of hydrogen-bond acceptors (Lipinski definition) is 3. The predicted molar refractivity (Wildman–Crippen MR) is 115 cm³/mol. The lowest BCUT2D eigenvalue weighted by Crippen LogP contribution is -2.43. The molecule has 0 unspecified atom stereocenters. The van der Waals surface area contributed by atoms with Gasteiger partial charge < -0.3 is 15.4 Å². The van der Waals surface area contributed by atoms with Crippen LogP contribution in [-0.4, -0.2) is 24.6 Å². The van der Waals surface area contributed by atoms with Crippen molar-refractivity contribution in [2.24, 2.45) is 0 Å². The zero-order valence-electron chi connectivity index (χ0n) is 16.5. The van der Waals surface area contributed by atoms with Gasteiger partial charge in [-0.3, -0.25) is 4.79 Å². The highest BCUT2D eigenvalue weighted by Gasteiger charge is 2.14. The molecule has 1 aromatic rings. The molecule has 0 aliphatic rings. The fraction of sp³-hybridized carbons (Fsp3) is 0.650. The Morgan fingerprint density at radius 1 is 1.15 bits per heavy atom. The number of rotatable bonds is 11. The molecule has 0 radical (unpaired) electrons. The van der Waals surface area contributed by atoms with E-state index in [-0.39, 0.29) is 30.5 Å². The predicted octanol–water partition coefficient (Wildman–Crippen LogP) is 5.22. The van der Waals surface area contributed by atoms with Gasteiger partial charge in [0.1, 0.15) is 5.75 Å². The van der Waals surface area contributed by atoms with Crippen LogP contribution in [0.1, 0.15) is 65.4 Å². The number of amides is 1. The first-order chi connectivity index (χ1) is 11.8. The maximum atomic E-state index is 11.9. The zero-order valence-corrected chi connectivity index (χ0v) is 18.9. The average molecular weight is 450 g/mol. The third-order valence-corrected chi connectivity index (χ3v) is 4.16. The van der Waals surface area contributed by atoms with Crippen molar-refractivity contribution >= 4 is 34.2 Å². The van der Waals surface area contributed by atoms with Gasteiger partial charge in [-0.2, -0.15) is 0 Å². The Kier molecular flexibility index (Phi) is 13.0. The molecule has 0 spiro atoms. The molecule has 6 heteroatoms. The van der Waals surface area contributed by atoms with Crippen LogP contribution in [0.25, 0.3) is 0 Å². The Labute approximate surface area is 173 Å². The molecule has 0 saturated heterocycles. The summed E-state index contributed by atoms with van der Waals surface area (Å²) in [5.74, 6) is 0.649. The van der Waals surface area contributed by atoms with Crippen LogP contribution in [0.4, 0.5) is 0 Å². The van der Waals surface area contributed by atoms with Crippen molar-refractivity contribution < 1.29 is 9.53 Å². The third-order valence-electron chi connectivity index (χ3n) is 3.67. The van der Waals surface area contributed by atoms with Crippen LogP contribution in [0, 0.1) is 0 Å². The van der Waals surface area contributed by atoms with Crippen molar-refractivity contribution in [2.45, 2.75) is 71.9 Å². The Balaban J connectivity index is 0.00000625. The largest absolute Gasteiger partial charge is 0.483 e. The molecule has 26 heavy (non-hydrogen) atoms. The molecule has 1 amide bonds. The number of ether oxygens (including phenoxy) is 1. The van der Waals surface area contributed by atoms with Crippen LogP contribution in [0.15, 0.2) is 22.7 Å². The standard InChI is InChI=1S/C20H33BrN2O2.ClH/c1-5-6-7-8-9-12-22-14-16-13-17(21)10-11-18(16)25-15-19(24)23-20(2,3)4;/h10-11,13,22H,5-9,12,14-15H2,1-4H3,(H,23,24);1H. The molecule has 150 valence electrons. The van der Waals surface area contributed by atoms with E-state index in [0.717, 1.165) is 28.9 Å². The lowest BCUT2D eigenvalue weighted by molar-refractivity contribution is -0.124. The molecule has 4 nitrogen and oxygen atoms in total. The summed E-state index contributed by atoms with van der Waals surface area (Å²) >= 11 is 3.50. The fourth-order valence-corrected chi connectivity index (χ4v) is 2.91. The number of halogens is 2. The van der Waals surface area contributed by atoms with Gasteiger partial charge in [0.25, 0.3) is 5.91 Å². The highest BCUT2D eigenvalue weighted by molar-refractivity contribution is 9.10. The minimum absolute atomic E-state index is 0. The van der Waals surface area contributed by atoms with E-state index in [2.05, 4.69) is 33.5 Å². The highest BCUT2D eigenvalue weighted by atomic mass is 79.9. The number of unbranched alkanes of at least 4 members (excludes halogenated alkanes) is 4. The number of carbonyl (C=O) groups is 1. The van der Waals surface area contributed by atoms with Crippen LogP contribution < -0.4 is 15.4 Å². The van der Waals surface area contributed by atoms with E-state index in [9.17, 15) is 4.79 Å². The molecular formula is C20H34BrClN2O2. The van der Waals surface area contributed by atoms with Crippen molar-refractivity contribution in [3.63, 3.8) is 0 Å². The van der Waals surface area contributed by atoms with E-state index in [1.54, 1.807) is 0 Å². The molecule has 2 N–H and O–H groups in total. The second-order valence-electron chi connectivity index (χ2n) is 7.43. The smallest absolute Gasteiger partial charge is 0.258 e. The summed E-state index contributed by atoms with van der Waals surface area (Å²) in [6.07, 6.45) is 6.37. The molecule has 0 aliphatic carbocycles. The van der Waals surface area contributed by atoms with Crippen LogP contribution >= 0.6 is 28.3 Å². The lowest BCUT2D eigenvalue weighted by Gasteiger charge is -2.21. The summed E-state index contributed by atoms with van der Waals surface area (Å²) < 4.78 is 6.75. The second kappa shape index (κ2) is 13.4. The molecular weight excluding hydrogens is 416 g/mol. The maximum absolute atomic E-state index is 11.9. The van der Waals surface area contributed by atoms with Gasteiger partial charge in [0.05, 0.1) is 0 Å². The monoisotopic (exact) mass is 448 g/mol. The highest BCUT2D eigenvalue weighted by Crippen LogP contribution is 2.23. The van der Waals surface area contributed by atoms with E-state index in [1.165, 1.54) is 32.1 Å². The van der Waals surface area contributed by atoms with Gasteiger partial charge >= 0.3 is 0 Å². The molecule has 0 saturated carbocycles. The van der Waals surface area contributed by atoms with Crippen LogP contribution in [0.3, 0.4) is 0 Å². The van der Waals surface area contributed by atoms with E-state index in [1.807, 2.05) is 39.0 Å². The van der Waals surface area contributed by atoms with Gasteiger partial charge in [0, 0.05) is 22.1 Å². The summed E-state index contributed by atoms with van der Waals surface area (Å²) in [7, 11) is 0. The Bertz CT molecular complexity index is 533. The summed E-state index contributed by atoms with van der Waals surface area (Å²) in [4.78, 5) is 11.9. The fourth-order valence-electron chi connectivity index (χ4n) is 2.50. The Hall–Kier alpha value is -0.780. The molecule has 0 fully saturated rings. The minimum atomic E-state index is -0.248. The Morgan fingerprint density at radius 3 is 2.50 bits per heavy atom. The van der Waals surface area contributed by atoms with Gasteiger partial charge in [0.2, 0.25) is 0 Å². The van der Waals surface area contributed by atoms with Crippen LogP contribution in [-0.2, 0) is 11.3 Å². The topological polar surface area (TPSA) is 50.4 Å². The molecule has 0 atom stereocenters. The Morgan fingerprint density at radius 2 is 1.85 bits per heavy atom. The van der Waals surface area contributed by atoms with Gasteiger partial charge in [0.15, 0.2) is 6.61 Å². The normalized spacial score (nSPS) is 11.0. The lowest BCUT2D eigenvalue weighted by atomic mass is 10.1. The molecule has 0 heterocycles. The van der Waals surface area contributed by atoms with Crippen molar-refractivity contribution in [3.8, 4) is 5.75 Å². The van der Waals surface area contributed by atoms with Crippen molar-refractivity contribution in [1.29, 1.82) is 0 Å². The van der Waals surface area contributed by atoms with Crippen LogP contribution in [0.2, 0.25) is 0 Å². The summed E-state index contributed by atoms with van der Waals surface area (Å²) in [5.41, 5.74) is 0.814. The maximum Gasteiger partial charge on any atom is 0.258 e. The SMILES string of the molecule is CCCCCCCNCc1cc(Br)ccc1OCC(=O)NC(C)(C)C.Cl. The first-order valence-electron chi connectivity index (χ1n) is 9.25. The molecule has 1 aromatic carbocycles. The molecule has 1 rings (SSSR count). The summed E-state index contributed by atoms with van der Waals surface area (Å²) in [6, 6.07) is 5.89. The number of benzene rings is 1. The summed E-state index contributed by atoms with van der Waals surface area (Å²) in [5, 5.41) is 6.38. The van der Waals surface area contributed by atoms with Gasteiger partial charge in [-0.1, -0.05) is 48.5 Å². The van der Waals surface area contributed by atoms with E-state index in [0.29, 0.717) is 0 Å². The number of carbonyl (C=O) groups excluding carboxylic acids is 1. The number of nitrogens with one attached hydrogen (secondary N) is 2. The van der Waals surface area contributed by atoms with E-state index >= 15 is 0 Å². The summed E-state index contributed by atoms with van der Waals surface area (Å²) in [6.45, 7) is 9.88. The minimum Gasteiger partial charge on any atom is -0.483 e. The van der Waals surface area contributed by atoms with E-state index < -0.39 is 0 Å². The van der Waals surface area contributed by atoms with Crippen molar-refractivity contribution in [2.75, 3.05) is 13.2 Å². The molecule has 0 aromatic heterocycles. The van der Waals surface area contributed by atoms with Gasteiger partial charge in [-0.25, -0.2) is 0 Å². The molecule has 0 aliphatic heterocycles.